The summed E-state index contributed by atoms with van der Waals surface area (Å²) < 4.78 is 54.9. The molecule has 0 atom stereocenters. The number of nitrogens with zero attached hydrogens (tertiary/aromatic N) is 1. The fourth-order valence-electron chi connectivity index (χ4n) is 2.75. The van der Waals surface area contributed by atoms with Crippen LogP contribution in [0.5, 0.6) is 17.2 Å². The van der Waals surface area contributed by atoms with Crippen LogP contribution < -0.4 is 24.4 Å². The van der Waals surface area contributed by atoms with Crippen molar-refractivity contribution in [3.8, 4) is 17.2 Å². The van der Waals surface area contributed by atoms with E-state index in [2.05, 4.69) is 5.32 Å². The minimum absolute atomic E-state index is 0.0503. The van der Waals surface area contributed by atoms with Crippen LogP contribution >= 0.6 is 0 Å². The lowest BCUT2D eigenvalue weighted by Gasteiger charge is -2.19. The maximum absolute atomic E-state index is 13.0. The van der Waals surface area contributed by atoms with Gasteiger partial charge in [-0.05, 0) is 42.0 Å². The summed E-state index contributed by atoms with van der Waals surface area (Å²) in [4.78, 5) is 14.0. The molecule has 0 unspecified atom stereocenters. The molecule has 0 aromatic heterocycles. The summed E-state index contributed by atoms with van der Waals surface area (Å²) in [6.07, 6.45) is -1.82. The monoisotopic (exact) mass is 424 g/mol. The van der Waals surface area contributed by atoms with Crippen molar-refractivity contribution in [1.29, 1.82) is 0 Å². The van der Waals surface area contributed by atoms with E-state index in [4.69, 9.17) is 14.2 Å². The zero-order chi connectivity index (χ0) is 22.5. The summed E-state index contributed by atoms with van der Waals surface area (Å²) in [6, 6.07) is 6.46. The van der Waals surface area contributed by atoms with E-state index < -0.39 is 17.6 Å². The highest BCUT2D eigenvalue weighted by Crippen LogP contribution is 2.38. The number of amides is 1. The van der Waals surface area contributed by atoms with Gasteiger partial charge in [0.25, 0.3) is 0 Å². The van der Waals surface area contributed by atoms with Gasteiger partial charge in [-0.25, -0.2) is 0 Å². The van der Waals surface area contributed by atoms with Crippen molar-refractivity contribution in [2.45, 2.75) is 6.18 Å². The Kier molecular flexibility index (Phi) is 7.20. The number of rotatable bonds is 7. The quantitative estimate of drug-likeness (QED) is 0.666. The lowest BCUT2D eigenvalue weighted by Crippen LogP contribution is -2.16. The largest absolute Gasteiger partial charge is 0.493 e. The summed E-state index contributed by atoms with van der Waals surface area (Å²) >= 11 is 0. The van der Waals surface area contributed by atoms with E-state index in [9.17, 15) is 18.0 Å². The molecule has 2 aromatic rings. The first-order valence-corrected chi connectivity index (χ1v) is 8.78. The third-order valence-corrected chi connectivity index (χ3v) is 4.18. The number of alkyl halides is 3. The molecule has 30 heavy (non-hydrogen) atoms. The maximum Gasteiger partial charge on any atom is 0.416 e. The fraction of sp³-hybridized carbons (Fsp3) is 0.286. The first-order chi connectivity index (χ1) is 14.1. The normalized spacial score (nSPS) is 11.3. The van der Waals surface area contributed by atoms with Gasteiger partial charge in [-0.15, -0.1) is 0 Å². The molecule has 1 N–H and O–H groups in total. The van der Waals surface area contributed by atoms with Gasteiger partial charge in [-0.1, -0.05) is 0 Å². The van der Waals surface area contributed by atoms with Crippen LogP contribution in [0.25, 0.3) is 6.08 Å². The van der Waals surface area contributed by atoms with E-state index in [1.807, 2.05) is 0 Å². The Hall–Kier alpha value is -3.36. The maximum atomic E-state index is 13.0. The van der Waals surface area contributed by atoms with Gasteiger partial charge in [0, 0.05) is 20.2 Å². The van der Waals surface area contributed by atoms with Crippen molar-refractivity contribution in [3.63, 3.8) is 0 Å². The van der Waals surface area contributed by atoms with Gasteiger partial charge in [-0.2, -0.15) is 13.2 Å². The molecular weight excluding hydrogens is 401 g/mol. The molecular formula is C21H23F3N2O4. The summed E-state index contributed by atoms with van der Waals surface area (Å²) in [5, 5.41) is 2.50. The Bertz CT molecular complexity index is 915. The Morgan fingerprint density at radius 3 is 2.07 bits per heavy atom. The van der Waals surface area contributed by atoms with Gasteiger partial charge in [-0.3, -0.25) is 4.79 Å². The number of ether oxygens (including phenoxy) is 3. The minimum atomic E-state index is -4.52. The SMILES string of the molecule is COc1cc(/C=C/C(=O)Nc2cc(C(F)(F)F)ccc2N(C)C)cc(OC)c1OC. The fourth-order valence-corrected chi connectivity index (χ4v) is 2.75. The highest BCUT2D eigenvalue weighted by Gasteiger charge is 2.31. The van der Waals surface area contributed by atoms with E-state index in [1.54, 1.807) is 31.1 Å². The molecule has 1 amide bonds. The Balaban J connectivity index is 2.30. The molecule has 6 nitrogen and oxygen atoms in total. The van der Waals surface area contributed by atoms with Gasteiger partial charge in [0.2, 0.25) is 11.7 Å². The van der Waals surface area contributed by atoms with E-state index in [0.717, 1.165) is 12.1 Å². The molecule has 0 bridgehead atoms. The number of benzene rings is 2. The Labute approximate surface area is 172 Å². The molecule has 0 spiro atoms. The third kappa shape index (κ3) is 5.37. The molecule has 0 saturated heterocycles. The topological polar surface area (TPSA) is 60.0 Å². The van der Waals surface area contributed by atoms with Crippen LogP contribution in [-0.2, 0) is 11.0 Å². The van der Waals surface area contributed by atoms with Crippen LogP contribution in [-0.4, -0.2) is 41.3 Å². The van der Waals surface area contributed by atoms with Crippen LogP contribution in [0.2, 0.25) is 0 Å². The average Bonchev–Trinajstić information content (AvgIpc) is 2.70. The third-order valence-electron chi connectivity index (χ3n) is 4.18. The highest BCUT2D eigenvalue weighted by molar-refractivity contribution is 6.04. The standard InChI is InChI=1S/C21H23F3N2O4/c1-26(2)16-8-7-14(21(22,23)24)12-15(16)25-19(27)9-6-13-10-17(28-3)20(30-5)18(11-13)29-4/h6-12H,1-5H3,(H,25,27)/b9-6+. The van der Waals surface area contributed by atoms with E-state index >= 15 is 0 Å². The molecule has 9 heteroatoms. The molecule has 0 fully saturated rings. The smallest absolute Gasteiger partial charge is 0.416 e. The average molecular weight is 424 g/mol. The minimum Gasteiger partial charge on any atom is -0.493 e. The second-order valence-corrected chi connectivity index (χ2v) is 6.41. The van der Waals surface area contributed by atoms with Crippen LogP contribution in [0.4, 0.5) is 24.5 Å². The predicted molar refractivity (Wildman–Crippen MR) is 110 cm³/mol. The van der Waals surface area contributed by atoms with Gasteiger partial charge >= 0.3 is 6.18 Å². The molecule has 162 valence electrons. The molecule has 2 rings (SSSR count). The first-order valence-electron chi connectivity index (χ1n) is 8.78. The number of nitrogens with one attached hydrogen (secondary N) is 1. The van der Waals surface area contributed by atoms with Crippen LogP contribution in [0.3, 0.4) is 0 Å². The molecule has 0 saturated carbocycles. The number of anilines is 2. The number of halogens is 3. The molecule has 0 aliphatic rings. The van der Waals surface area contributed by atoms with Crippen molar-refractivity contribution in [2.75, 3.05) is 45.6 Å². The number of hydrogen-bond acceptors (Lipinski definition) is 5. The zero-order valence-corrected chi connectivity index (χ0v) is 17.3. The van der Waals surface area contributed by atoms with E-state index in [0.29, 0.717) is 28.5 Å². The highest BCUT2D eigenvalue weighted by atomic mass is 19.4. The van der Waals surface area contributed by atoms with Crippen molar-refractivity contribution >= 4 is 23.4 Å². The lowest BCUT2D eigenvalue weighted by atomic mass is 10.1. The van der Waals surface area contributed by atoms with E-state index in [-0.39, 0.29) is 5.69 Å². The van der Waals surface area contributed by atoms with Crippen LogP contribution in [0.1, 0.15) is 11.1 Å². The van der Waals surface area contributed by atoms with Crippen molar-refractivity contribution < 1.29 is 32.2 Å². The summed E-state index contributed by atoms with van der Waals surface area (Å²) in [7, 11) is 7.75. The molecule has 0 aliphatic heterocycles. The Morgan fingerprint density at radius 1 is 1.00 bits per heavy atom. The van der Waals surface area contributed by atoms with Crippen molar-refractivity contribution in [2.24, 2.45) is 0 Å². The van der Waals surface area contributed by atoms with Gasteiger partial charge in [0.15, 0.2) is 11.5 Å². The second-order valence-electron chi connectivity index (χ2n) is 6.41. The lowest BCUT2D eigenvalue weighted by molar-refractivity contribution is -0.137. The number of carbonyl (C=O) groups is 1. The van der Waals surface area contributed by atoms with Gasteiger partial charge < -0.3 is 24.4 Å². The summed E-state index contributed by atoms with van der Waals surface area (Å²) in [5.41, 5.74) is 0.223. The first kappa shape index (κ1) is 22.9. The predicted octanol–water partition coefficient (Wildman–Crippen LogP) is 4.45. The summed E-state index contributed by atoms with van der Waals surface area (Å²) in [6.45, 7) is 0. The molecule has 0 radical (unpaired) electrons. The Morgan fingerprint density at radius 2 is 1.60 bits per heavy atom. The van der Waals surface area contributed by atoms with Crippen molar-refractivity contribution in [1.82, 2.24) is 0 Å². The molecule has 0 heterocycles. The number of methoxy groups -OCH3 is 3. The van der Waals surface area contributed by atoms with Gasteiger partial charge in [0.05, 0.1) is 38.3 Å². The van der Waals surface area contributed by atoms with Crippen molar-refractivity contribution in [3.05, 3.63) is 47.5 Å². The number of hydrogen-bond donors (Lipinski definition) is 1. The zero-order valence-electron chi connectivity index (χ0n) is 17.3. The number of carbonyl (C=O) groups excluding carboxylic acids is 1. The second kappa shape index (κ2) is 9.43. The molecule has 0 aliphatic carbocycles. The van der Waals surface area contributed by atoms with Crippen LogP contribution in [0.15, 0.2) is 36.4 Å². The summed E-state index contributed by atoms with van der Waals surface area (Å²) in [5.74, 6) is 0.627. The van der Waals surface area contributed by atoms with Gasteiger partial charge in [0.1, 0.15) is 0 Å². The van der Waals surface area contributed by atoms with E-state index in [1.165, 1.54) is 39.5 Å². The van der Waals surface area contributed by atoms with Crippen LogP contribution in [0, 0.1) is 0 Å². The molecule has 2 aromatic carbocycles.